The lowest BCUT2D eigenvalue weighted by Gasteiger charge is -2.22. The summed E-state index contributed by atoms with van der Waals surface area (Å²) in [5.74, 6) is 0. The Morgan fingerprint density at radius 3 is 2.07 bits per heavy atom. The predicted molar refractivity (Wildman–Crippen MR) is 67.5 cm³/mol. The van der Waals surface area contributed by atoms with Crippen LogP contribution in [0.3, 0.4) is 0 Å². The van der Waals surface area contributed by atoms with Crippen molar-refractivity contribution in [3.05, 3.63) is 22.9 Å². The summed E-state index contributed by atoms with van der Waals surface area (Å²) in [5, 5.41) is 1.45. The number of hydrogen-bond acceptors (Lipinski definition) is 1. The standard InChI is InChI=1S/C11H17BrNSi/c1-8(2)14(9(3)4)10-5-6-11(12)13-7-10/h5-9H,1-4H3. The fourth-order valence-corrected chi connectivity index (χ4v) is 5.27. The van der Waals surface area contributed by atoms with Gasteiger partial charge >= 0.3 is 0 Å². The highest BCUT2D eigenvalue weighted by molar-refractivity contribution is 9.10. The Balaban J connectivity index is 2.94. The van der Waals surface area contributed by atoms with Crippen LogP contribution in [0.4, 0.5) is 0 Å². The van der Waals surface area contributed by atoms with E-state index in [1.54, 1.807) is 0 Å². The van der Waals surface area contributed by atoms with Crippen molar-refractivity contribution < 1.29 is 0 Å². The van der Waals surface area contributed by atoms with Gasteiger partial charge in [-0.2, -0.15) is 0 Å². The van der Waals surface area contributed by atoms with Crippen molar-refractivity contribution in [3.8, 4) is 0 Å². The van der Waals surface area contributed by atoms with Gasteiger partial charge in [0, 0.05) is 6.20 Å². The summed E-state index contributed by atoms with van der Waals surface area (Å²) >= 11 is 3.37. The van der Waals surface area contributed by atoms with E-state index in [2.05, 4.69) is 54.7 Å². The molecule has 0 unspecified atom stereocenters. The molecular weight excluding hydrogens is 254 g/mol. The van der Waals surface area contributed by atoms with Gasteiger partial charge in [-0.25, -0.2) is 4.98 Å². The van der Waals surface area contributed by atoms with E-state index in [1.807, 2.05) is 12.3 Å². The Kier molecular flexibility index (Phi) is 4.32. The van der Waals surface area contributed by atoms with E-state index in [-0.39, 0.29) is 0 Å². The van der Waals surface area contributed by atoms with Gasteiger partial charge in [0.05, 0.1) is 8.80 Å². The van der Waals surface area contributed by atoms with Gasteiger partial charge in [0.15, 0.2) is 0 Å². The summed E-state index contributed by atoms with van der Waals surface area (Å²) in [7, 11) is -0.456. The minimum atomic E-state index is -0.456. The fourth-order valence-electron chi connectivity index (χ4n) is 1.88. The normalized spacial score (nSPS) is 11.7. The highest BCUT2D eigenvalue weighted by Crippen LogP contribution is 2.19. The first-order valence-electron chi connectivity index (χ1n) is 5.01. The van der Waals surface area contributed by atoms with Crippen LogP contribution < -0.4 is 5.19 Å². The molecule has 14 heavy (non-hydrogen) atoms. The molecule has 1 nitrogen and oxygen atoms in total. The zero-order chi connectivity index (χ0) is 10.7. The van der Waals surface area contributed by atoms with Crippen LogP contribution >= 0.6 is 15.9 Å². The van der Waals surface area contributed by atoms with E-state index in [1.165, 1.54) is 5.19 Å². The van der Waals surface area contributed by atoms with Crippen molar-refractivity contribution >= 4 is 29.9 Å². The van der Waals surface area contributed by atoms with Crippen LogP contribution in [0.15, 0.2) is 22.9 Å². The summed E-state index contributed by atoms with van der Waals surface area (Å²) in [4.78, 5) is 4.31. The van der Waals surface area contributed by atoms with Crippen molar-refractivity contribution in [3.63, 3.8) is 0 Å². The molecule has 0 saturated carbocycles. The Morgan fingerprint density at radius 1 is 1.14 bits per heavy atom. The molecule has 0 aliphatic carbocycles. The molecule has 0 amide bonds. The van der Waals surface area contributed by atoms with Crippen molar-refractivity contribution in [2.24, 2.45) is 0 Å². The van der Waals surface area contributed by atoms with Crippen LogP contribution in [0.2, 0.25) is 11.1 Å². The summed E-state index contributed by atoms with van der Waals surface area (Å²) in [6, 6.07) is 4.26. The van der Waals surface area contributed by atoms with Gasteiger partial charge < -0.3 is 0 Å². The van der Waals surface area contributed by atoms with Crippen LogP contribution in [0.25, 0.3) is 0 Å². The van der Waals surface area contributed by atoms with Crippen molar-refractivity contribution in [2.75, 3.05) is 0 Å². The molecule has 0 atom stereocenters. The first-order chi connectivity index (χ1) is 6.52. The molecule has 1 rings (SSSR count). The van der Waals surface area contributed by atoms with E-state index in [0.29, 0.717) is 0 Å². The van der Waals surface area contributed by atoms with Crippen LogP contribution in [0.1, 0.15) is 27.7 Å². The van der Waals surface area contributed by atoms with Gasteiger partial charge in [0.2, 0.25) is 0 Å². The average Bonchev–Trinajstić information content (AvgIpc) is 2.07. The second kappa shape index (κ2) is 5.08. The minimum Gasteiger partial charge on any atom is -0.250 e. The van der Waals surface area contributed by atoms with Crippen LogP contribution in [-0.4, -0.2) is 13.8 Å². The SMILES string of the molecule is CC(C)[Si](c1ccc(Br)nc1)C(C)C. The maximum absolute atomic E-state index is 4.31. The van der Waals surface area contributed by atoms with Gasteiger partial charge in [0.1, 0.15) is 4.60 Å². The summed E-state index contributed by atoms with van der Waals surface area (Å²) in [6.07, 6.45) is 2.03. The maximum Gasteiger partial charge on any atom is 0.106 e. The van der Waals surface area contributed by atoms with Crippen molar-refractivity contribution in [1.29, 1.82) is 0 Å². The van der Waals surface area contributed by atoms with Crippen molar-refractivity contribution in [2.45, 2.75) is 38.8 Å². The molecule has 0 bridgehead atoms. The Morgan fingerprint density at radius 2 is 1.71 bits per heavy atom. The predicted octanol–water partition coefficient (Wildman–Crippen LogP) is 3.37. The third-order valence-corrected chi connectivity index (χ3v) is 6.22. The highest BCUT2D eigenvalue weighted by atomic mass is 79.9. The lowest BCUT2D eigenvalue weighted by molar-refractivity contribution is 0.950. The second-order valence-electron chi connectivity index (χ2n) is 4.13. The molecule has 0 aliphatic heterocycles. The minimum absolute atomic E-state index is 0.456. The van der Waals surface area contributed by atoms with Crippen molar-refractivity contribution in [1.82, 2.24) is 4.98 Å². The molecule has 0 saturated heterocycles. The van der Waals surface area contributed by atoms with Gasteiger partial charge in [-0.3, -0.25) is 0 Å². The quantitative estimate of drug-likeness (QED) is 0.606. The number of pyridine rings is 1. The monoisotopic (exact) mass is 270 g/mol. The first kappa shape index (κ1) is 11.9. The first-order valence-corrected chi connectivity index (χ1v) is 7.45. The summed E-state index contributed by atoms with van der Waals surface area (Å²) in [5.41, 5.74) is 1.53. The smallest absolute Gasteiger partial charge is 0.106 e. The molecule has 0 N–H and O–H groups in total. The average molecular weight is 271 g/mol. The van der Waals surface area contributed by atoms with Gasteiger partial charge in [-0.05, 0) is 38.3 Å². The van der Waals surface area contributed by atoms with E-state index in [4.69, 9.17) is 0 Å². The second-order valence-corrected chi connectivity index (χ2v) is 8.74. The Labute approximate surface area is 96.7 Å². The van der Waals surface area contributed by atoms with Gasteiger partial charge in [-0.15, -0.1) is 0 Å². The topological polar surface area (TPSA) is 12.9 Å². The molecule has 1 aromatic rings. The zero-order valence-electron chi connectivity index (χ0n) is 9.21. The zero-order valence-corrected chi connectivity index (χ0v) is 11.8. The largest absolute Gasteiger partial charge is 0.250 e. The Hall–Kier alpha value is -0.153. The molecular formula is C11H17BrNSi. The summed E-state index contributed by atoms with van der Waals surface area (Å²) in [6.45, 7) is 9.26. The third kappa shape index (κ3) is 2.92. The molecule has 0 aliphatic rings. The van der Waals surface area contributed by atoms with E-state index < -0.39 is 8.80 Å². The molecule has 0 fully saturated rings. The number of hydrogen-bond donors (Lipinski definition) is 0. The molecule has 1 radical (unpaired) electrons. The lowest BCUT2D eigenvalue weighted by Crippen LogP contribution is -2.36. The van der Waals surface area contributed by atoms with Crippen LogP contribution in [-0.2, 0) is 0 Å². The molecule has 77 valence electrons. The molecule has 0 aromatic carbocycles. The van der Waals surface area contributed by atoms with Crippen LogP contribution in [0, 0.1) is 0 Å². The van der Waals surface area contributed by atoms with Gasteiger partial charge in [0.25, 0.3) is 0 Å². The molecule has 1 heterocycles. The van der Waals surface area contributed by atoms with E-state index >= 15 is 0 Å². The third-order valence-electron chi connectivity index (χ3n) is 2.30. The highest BCUT2D eigenvalue weighted by Gasteiger charge is 2.22. The number of rotatable bonds is 3. The number of aromatic nitrogens is 1. The molecule has 3 heteroatoms. The van der Waals surface area contributed by atoms with Gasteiger partial charge in [-0.1, -0.05) is 33.8 Å². The van der Waals surface area contributed by atoms with Crippen LogP contribution in [0.5, 0.6) is 0 Å². The Bertz CT molecular complexity index is 274. The van der Waals surface area contributed by atoms with E-state index in [0.717, 1.165) is 15.7 Å². The number of nitrogens with zero attached hydrogens (tertiary/aromatic N) is 1. The fraction of sp³-hybridized carbons (Fsp3) is 0.545. The summed E-state index contributed by atoms with van der Waals surface area (Å²) < 4.78 is 0.926. The number of halogens is 1. The maximum atomic E-state index is 4.31. The lowest BCUT2D eigenvalue weighted by atomic mass is 10.5. The molecule has 1 aromatic heterocycles. The van der Waals surface area contributed by atoms with E-state index in [9.17, 15) is 0 Å². The molecule has 0 spiro atoms.